The lowest BCUT2D eigenvalue weighted by Gasteiger charge is -2.35. The van der Waals surface area contributed by atoms with Gasteiger partial charge < -0.3 is 10.4 Å². The van der Waals surface area contributed by atoms with Crippen LogP contribution in [0.3, 0.4) is 0 Å². The first-order valence-corrected chi connectivity index (χ1v) is 3.01. The molecule has 0 fully saturated rings. The van der Waals surface area contributed by atoms with Crippen LogP contribution in [0.5, 0.6) is 0 Å². The number of nitrogens with zero attached hydrogens (tertiary/aromatic N) is 1. The minimum Gasteiger partial charge on any atom is -0.607 e. The molecule has 0 saturated carbocycles. The second kappa shape index (κ2) is 2.56. The average molecular weight is 159 g/mol. The van der Waals surface area contributed by atoms with Crippen molar-refractivity contribution in [1.29, 1.82) is 0 Å². The fourth-order valence-corrected chi connectivity index (χ4v) is 0.719. The summed E-state index contributed by atoms with van der Waals surface area (Å²) >= 11 is 4.88. The normalized spacial score (nSPS) is 11.5. The van der Waals surface area contributed by atoms with Crippen molar-refractivity contribution in [3.63, 3.8) is 0 Å². The Balaban J connectivity index is 2.97. The van der Waals surface area contributed by atoms with E-state index in [1.165, 1.54) is 12.1 Å². The largest absolute Gasteiger partial charge is 0.607 e. The van der Waals surface area contributed by atoms with Gasteiger partial charge in [-0.3, -0.25) is 4.33 Å². The molecule has 0 saturated heterocycles. The third-order valence-corrected chi connectivity index (χ3v) is 1.26. The summed E-state index contributed by atoms with van der Waals surface area (Å²) in [6, 6.07) is 7.64. The van der Waals surface area contributed by atoms with Gasteiger partial charge in [-0.15, -0.1) is 0 Å². The Hall–Kier alpha value is -0.610. The Labute approximate surface area is 63.3 Å². The Morgan fingerprint density at radius 2 is 1.60 bits per heavy atom. The standard InChI is InChI=1S/C6H5ClNO2/c7-8(9,10)6-4-2-1-3-5-6/h1-5H/q-1. The molecule has 0 unspecified atom stereocenters. The molecule has 0 atom stereocenters. The highest BCUT2D eigenvalue weighted by molar-refractivity contribution is 6.22. The summed E-state index contributed by atoms with van der Waals surface area (Å²) in [5.74, 6) is 0. The quantitative estimate of drug-likeness (QED) is 0.464. The highest BCUT2D eigenvalue weighted by Crippen LogP contribution is 2.21. The van der Waals surface area contributed by atoms with Crippen LogP contribution in [0.4, 0.5) is 5.69 Å². The fourth-order valence-electron chi connectivity index (χ4n) is 0.606. The minimum atomic E-state index is -2.14. The summed E-state index contributed by atoms with van der Waals surface area (Å²) in [4.78, 5) is 0. The van der Waals surface area contributed by atoms with Crippen LogP contribution in [0, 0.1) is 10.4 Å². The summed E-state index contributed by atoms with van der Waals surface area (Å²) < 4.78 is -2.14. The van der Waals surface area contributed by atoms with Crippen molar-refractivity contribution in [1.82, 2.24) is 4.33 Å². The first kappa shape index (κ1) is 7.50. The fraction of sp³-hybridized carbons (Fsp3) is 0. The molecular weight excluding hydrogens is 154 g/mol. The lowest BCUT2D eigenvalue weighted by Crippen LogP contribution is -2.21. The molecule has 0 radical (unpaired) electrons. The van der Waals surface area contributed by atoms with E-state index in [4.69, 9.17) is 11.8 Å². The first-order valence-electron chi connectivity index (χ1n) is 2.67. The van der Waals surface area contributed by atoms with Gasteiger partial charge in [0.2, 0.25) is 0 Å². The molecule has 4 heteroatoms. The predicted octanol–water partition coefficient (Wildman–Crippen LogP) is 2.14. The number of benzene rings is 1. The van der Waals surface area contributed by atoms with Gasteiger partial charge in [0.1, 0.15) is 0 Å². The summed E-state index contributed by atoms with van der Waals surface area (Å²) in [6.45, 7) is 0. The maximum Gasteiger partial charge on any atom is 0.173 e. The number of halogens is 1. The smallest absolute Gasteiger partial charge is 0.173 e. The van der Waals surface area contributed by atoms with Gasteiger partial charge in [-0.05, 0) is 0 Å². The van der Waals surface area contributed by atoms with E-state index in [0.717, 1.165) is 0 Å². The van der Waals surface area contributed by atoms with Crippen LogP contribution >= 0.6 is 11.8 Å². The minimum absolute atomic E-state index is 0.0100. The zero-order valence-electron chi connectivity index (χ0n) is 5.03. The molecule has 0 aromatic heterocycles. The van der Waals surface area contributed by atoms with E-state index in [0.29, 0.717) is 0 Å². The third-order valence-electron chi connectivity index (χ3n) is 1.06. The van der Waals surface area contributed by atoms with Crippen molar-refractivity contribution < 1.29 is 0 Å². The number of rotatable bonds is 1. The van der Waals surface area contributed by atoms with Crippen LogP contribution in [0.25, 0.3) is 0 Å². The van der Waals surface area contributed by atoms with Gasteiger partial charge in [-0.2, -0.15) is 0 Å². The third kappa shape index (κ3) is 1.68. The van der Waals surface area contributed by atoms with Gasteiger partial charge in [0.05, 0.1) is 0 Å². The van der Waals surface area contributed by atoms with E-state index in [1.807, 2.05) is 0 Å². The van der Waals surface area contributed by atoms with Crippen LogP contribution in [-0.4, -0.2) is 0 Å². The number of hydrogen-bond donors (Lipinski definition) is 0. The van der Waals surface area contributed by atoms with Crippen molar-refractivity contribution in [2.45, 2.75) is 0 Å². The second-order valence-corrected chi connectivity index (χ2v) is 2.26. The zero-order valence-corrected chi connectivity index (χ0v) is 5.78. The van der Waals surface area contributed by atoms with Crippen LogP contribution < -0.4 is 4.33 Å². The van der Waals surface area contributed by atoms with Crippen molar-refractivity contribution >= 4 is 17.5 Å². The molecule has 0 bridgehead atoms. The Kier molecular flexibility index (Phi) is 1.92. The lowest BCUT2D eigenvalue weighted by atomic mass is 10.3. The van der Waals surface area contributed by atoms with Gasteiger partial charge in [0.25, 0.3) is 0 Å². The molecular formula is C6H5ClNO2-. The van der Waals surface area contributed by atoms with Gasteiger partial charge in [0.15, 0.2) is 17.5 Å². The topological polar surface area (TPSA) is 46.1 Å². The maximum atomic E-state index is 10.5. The van der Waals surface area contributed by atoms with Gasteiger partial charge in [-0.25, -0.2) is 0 Å². The van der Waals surface area contributed by atoms with Crippen molar-refractivity contribution in [2.24, 2.45) is 0 Å². The molecule has 0 aliphatic carbocycles. The Bertz CT molecular complexity index is 207. The molecule has 0 aliphatic rings. The molecule has 10 heavy (non-hydrogen) atoms. The van der Waals surface area contributed by atoms with Crippen molar-refractivity contribution in [3.8, 4) is 0 Å². The summed E-state index contributed by atoms with van der Waals surface area (Å²) in [5.41, 5.74) is -0.0100. The molecule has 1 aromatic carbocycles. The van der Waals surface area contributed by atoms with Crippen molar-refractivity contribution in [3.05, 3.63) is 40.7 Å². The lowest BCUT2D eigenvalue weighted by molar-refractivity contribution is 0.789. The van der Waals surface area contributed by atoms with Crippen LogP contribution in [-0.2, 0) is 0 Å². The van der Waals surface area contributed by atoms with Crippen LogP contribution in [0.15, 0.2) is 30.3 Å². The number of hydrogen-bond acceptors (Lipinski definition) is 2. The molecule has 0 spiro atoms. The van der Waals surface area contributed by atoms with Crippen molar-refractivity contribution in [2.75, 3.05) is 0 Å². The molecule has 1 aromatic rings. The Morgan fingerprint density at radius 1 is 1.10 bits per heavy atom. The van der Waals surface area contributed by atoms with E-state index in [2.05, 4.69) is 0 Å². The van der Waals surface area contributed by atoms with E-state index < -0.39 is 4.33 Å². The maximum absolute atomic E-state index is 10.5. The highest BCUT2D eigenvalue weighted by Gasteiger charge is 2.03. The van der Waals surface area contributed by atoms with Crippen LogP contribution in [0.2, 0.25) is 0 Å². The SMILES string of the molecule is [O-][N+]([O-])(Cl)c1ccccc1. The second-order valence-electron chi connectivity index (χ2n) is 1.82. The highest BCUT2D eigenvalue weighted by atomic mass is 35.5. The van der Waals surface area contributed by atoms with E-state index in [9.17, 15) is 10.4 Å². The van der Waals surface area contributed by atoms with Gasteiger partial charge >= 0.3 is 0 Å². The monoisotopic (exact) mass is 158 g/mol. The first-order chi connectivity index (χ1) is 4.61. The summed E-state index contributed by atoms with van der Waals surface area (Å²) in [6.07, 6.45) is 0. The van der Waals surface area contributed by atoms with E-state index >= 15 is 0 Å². The Morgan fingerprint density at radius 3 is 1.90 bits per heavy atom. The zero-order chi connectivity index (χ0) is 7.61. The molecule has 0 amide bonds. The molecule has 0 heterocycles. The van der Waals surface area contributed by atoms with E-state index in [-0.39, 0.29) is 5.69 Å². The number of quaternary nitrogens is 1. The van der Waals surface area contributed by atoms with Gasteiger partial charge in [0, 0.05) is 12.1 Å². The average Bonchev–Trinajstić information content (AvgIpc) is 1.88. The molecule has 3 nitrogen and oxygen atoms in total. The molecule has 0 aliphatic heterocycles. The predicted molar refractivity (Wildman–Crippen MR) is 40.8 cm³/mol. The molecule has 1 rings (SSSR count). The summed E-state index contributed by atoms with van der Waals surface area (Å²) in [7, 11) is 0. The molecule has 0 N–H and O–H groups in total. The van der Waals surface area contributed by atoms with Gasteiger partial charge in [-0.1, -0.05) is 18.2 Å². The molecule has 54 valence electrons. The van der Waals surface area contributed by atoms with E-state index in [1.54, 1.807) is 18.2 Å². The van der Waals surface area contributed by atoms with Crippen LogP contribution in [0.1, 0.15) is 0 Å². The summed E-state index contributed by atoms with van der Waals surface area (Å²) in [5, 5.41) is 20.9.